The molecule has 0 spiro atoms. The maximum Gasteiger partial charge on any atom is 0.349 e. The number of hydrogen-bond acceptors (Lipinski definition) is 15. The van der Waals surface area contributed by atoms with E-state index in [1.807, 2.05) is 41.5 Å². The Morgan fingerprint density at radius 1 is 0.846 bits per heavy atom. The average Bonchev–Trinajstić information content (AvgIpc) is 3.29. The van der Waals surface area contributed by atoms with Crippen molar-refractivity contribution in [1.82, 2.24) is 4.90 Å². The van der Waals surface area contributed by atoms with Crippen LogP contribution in [0.4, 0.5) is 0 Å². The van der Waals surface area contributed by atoms with Gasteiger partial charge in [0.2, 0.25) is 0 Å². The lowest BCUT2D eigenvalue weighted by Crippen LogP contribution is -2.73. The predicted molar refractivity (Wildman–Crippen MR) is 180 cm³/mol. The van der Waals surface area contributed by atoms with Gasteiger partial charge in [-0.2, -0.15) is 0 Å². The van der Waals surface area contributed by atoms with Crippen molar-refractivity contribution in [3.05, 3.63) is 35.4 Å². The number of aliphatic hydroxyl groups excluding tert-OH is 1. The molecule has 4 aliphatic heterocycles. The van der Waals surface area contributed by atoms with Gasteiger partial charge in [0.15, 0.2) is 24.8 Å². The van der Waals surface area contributed by atoms with E-state index < -0.39 is 116 Å². The Bertz CT molecular complexity index is 1510. The second kappa shape index (κ2) is 14.9. The van der Waals surface area contributed by atoms with Gasteiger partial charge in [0.1, 0.15) is 43.2 Å². The van der Waals surface area contributed by atoms with Gasteiger partial charge in [0.25, 0.3) is 11.8 Å². The van der Waals surface area contributed by atoms with Crippen LogP contribution in [-0.4, -0.2) is 130 Å². The zero-order chi connectivity index (χ0) is 38.5. The number of imide groups is 1. The first-order valence-electron chi connectivity index (χ1n) is 17.2. The number of aliphatic hydroxyl groups is 1. The highest BCUT2D eigenvalue weighted by atomic mass is 28.4. The van der Waals surface area contributed by atoms with Gasteiger partial charge in [-0.25, -0.2) is 0 Å². The second-order valence-electron chi connectivity index (χ2n) is 15.4. The zero-order valence-corrected chi connectivity index (χ0v) is 32.1. The monoisotopic (exact) mass is 751 g/mol. The maximum atomic E-state index is 14.0. The lowest BCUT2D eigenvalue weighted by atomic mass is 9.94. The van der Waals surface area contributed by atoms with Crippen LogP contribution in [0.25, 0.3) is 0 Å². The molecule has 3 fully saturated rings. The van der Waals surface area contributed by atoms with Crippen molar-refractivity contribution in [3.8, 4) is 0 Å². The molecule has 0 bridgehead atoms. The van der Waals surface area contributed by atoms with Crippen molar-refractivity contribution in [1.29, 1.82) is 0 Å². The molecule has 4 aliphatic rings. The molecule has 52 heavy (non-hydrogen) atoms. The van der Waals surface area contributed by atoms with Crippen LogP contribution in [0.5, 0.6) is 0 Å². The minimum absolute atomic E-state index is 0.0683. The molecular formula is C35H49NO15Si. The third kappa shape index (κ3) is 7.29. The number of methoxy groups -OCH3 is 1. The number of carbonyl (C=O) groups excluding carboxylic acids is 5. The highest BCUT2D eigenvalue weighted by molar-refractivity contribution is 6.73. The Morgan fingerprint density at radius 3 is 1.90 bits per heavy atom. The predicted octanol–water partition coefficient (Wildman–Crippen LogP) is 2.38. The number of benzene rings is 1. The Labute approximate surface area is 303 Å². The largest absolute Gasteiger partial charge is 0.463 e. The molecule has 1 N–H and O–H groups in total. The fourth-order valence-electron chi connectivity index (χ4n) is 7.75. The van der Waals surface area contributed by atoms with E-state index in [-0.39, 0.29) is 17.7 Å². The quantitative estimate of drug-likeness (QED) is 0.176. The highest BCUT2D eigenvalue weighted by Gasteiger charge is 2.66. The third-order valence-electron chi connectivity index (χ3n) is 9.66. The number of nitrogens with zero attached hydrogens (tertiary/aromatic N) is 1. The number of rotatable bonds is 8. The maximum absolute atomic E-state index is 14.0. The van der Waals surface area contributed by atoms with Crippen LogP contribution < -0.4 is 0 Å². The van der Waals surface area contributed by atoms with Crippen molar-refractivity contribution in [2.45, 2.75) is 134 Å². The lowest BCUT2D eigenvalue weighted by molar-refractivity contribution is -0.359. The van der Waals surface area contributed by atoms with Gasteiger partial charge in [0, 0.05) is 38.0 Å². The van der Waals surface area contributed by atoms with Crippen LogP contribution in [0.2, 0.25) is 10.1 Å². The second-order valence-corrected chi connectivity index (χ2v) is 20.1. The van der Waals surface area contributed by atoms with Crippen LogP contribution in [0.1, 0.15) is 83.0 Å². The van der Waals surface area contributed by atoms with E-state index in [4.69, 9.17) is 42.0 Å². The van der Waals surface area contributed by atoms with Crippen LogP contribution >= 0.6 is 0 Å². The van der Waals surface area contributed by atoms with Gasteiger partial charge in [-0.05, 0) is 12.1 Å². The Balaban J connectivity index is 1.60. The van der Waals surface area contributed by atoms with E-state index in [0.717, 1.165) is 25.7 Å². The van der Waals surface area contributed by atoms with E-state index in [9.17, 15) is 29.1 Å². The first-order chi connectivity index (χ1) is 24.2. The summed E-state index contributed by atoms with van der Waals surface area (Å²) >= 11 is 0. The number of hydrogen-bond donors (Lipinski definition) is 1. The molecule has 1 aromatic carbocycles. The van der Waals surface area contributed by atoms with Gasteiger partial charge in [0.05, 0.1) is 17.7 Å². The molecule has 0 saturated carbocycles. The van der Waals surface area contributed by atoms with E-state index in [2.05, 4.69) is 0 Å². The van der Waals surface area contributed by atoms with Crippen molar-refractivity contribution in [2.24, 2.45) is 0 Å². The minimum Gasteiger partial charge on any atom is -0.463 e. The van der Waals surface area contributed by atoms with Crippen molar-refractivity contribution < 1.29 is 71.1 Å². The fraction of sp³-hybridized carbons (Fsp3) is 0.686. The van der Waals surface area contributed by atoms with Gasteiger partial charge >= 0.3 is 26.5 Å². The van der Waals surface area contributed by atoms with Gasteiger partial charge in [-0.1, -0.05) is 53.7 Å². The molecular weight excluding hydrogens is 702 g/mol. The van der Waals surface area contributed by atoms with Crippen LogP contribution in [0.3, 0.4) is 0 Å². The normalized spacial score (nSPS) is 33.2. The third-order valence-corrected chi connectivity index (χ3v) is 14.8. The Hall–Kier alpha value is -3.29. The molecule has 0 aromatic heterocycles. The molecule has 288 valence electrons. The summed E-state index contributed by atoms with van der Waals surface area (Å²) in [6, 6.07) is 4.49. The number of fused-ring (bicyclic) bond motifs is 2. The Kier molecular flexibility index (Phi) is 11.4. The summed E-state index contributed by atoms with van der Waals surface area (Å²) in [5.74, 6) is -3.89. The van der Waals surface area contributed by atoms with Gasteiger partial charge in [-0.15, -0.1) is 0 Å². The van der Waals surface area contributed by atoms with E-state index in [1.54, 1.807) is 12.1 Å². The summed E-state index contributed by atoms with van der Waals surface area (Å²) in [5.41, 5.74) is 0.137. The molecule has 2 amide bonds. The van der Waals surface area contributed by atoms with E-state index >= 15 is 0 Å². The molecule has 10 atom stereocenters. The standard InChI is InChI=1S/C35H49NO15Si/c1-17(37)44-15-22-27(46-18(2)38)28(47-19(3)39)24(36-30(41)20-13-11-12-14-21(20)31(36)42)32(48-22)50-29-25(40)26-23(49-33(29)43-10)16-45-52(51-26,34(4,5)6)35(7,8)9/h11-14,22-29,32-33,40H,15-16H2,1-10H3/t22-,23-,24-,25+,26+,27-,28-,29-,32+,33-/m1/s1. The molecule has 0 radical (unpaired) electrons. The van der Waals surface area contributed by atoms with E-state index in [0.29, 0.717) is 0 Å². The first-order valence-corrected chi connectivity index (χ1v) is 19.0. The average molecular weight is 752 g/mol. The first kappa shape index (κ1) is 39.9. The molecule has 16 nitrogen and oxygen atoms in total. The smallest absolute Gasteiger partial charge is 0.349 e. The summed E-state index contributed by atoms with van der Waals surface area (Å²) in [4.78, 5) is 65.8. The number of carbonyl (C=O) groups is 5. The molecule has 0 unspecified atom stereocenters. The molecule has 5 rings (SSSR count). The van der Waals surface area contributed by atoms with Gasteiger partial charge in [-0.3, -0.25) is 28.9 Å². The minimum atomic E-state index is -3.15. The topological polar surface area (TPSA) is 192 Å². The van der Waals surface area contributed by atoms with Crippen molar-refractivity contribution >= 4 is 38.3 Å². The molecule has 3 saturated heterocycles. The molecule has 17 heteroatoms. The van der Waals surface area contributed by atoms with E-state index in [1.165, 1.54) is 19.2 Å². The van der Waals surface area contributed by atoms with Crippen molar-refractivity contribution in [3.63, 3.8) is 0 Å². The summed E-state index contributed by atoms with van der Waals surface area (Å²) < 4.78 is 54.6. The highest BCUT2D eigenvalue weighted by Crippen LogP contribution is 2.55. The number of ether oxygens (including phenoxy) is 7. The summed E-state index contributed by atoms with van der Waals surface area (Å²) in [6.07, 6.45) is -12.0. The summed E-state index contributed by atoms with van der Waals surface area (Å²) in [7, 11) is -1.81. The number of esters is 3. The molecule has 1 aromatic rings. The number of amides is 2. The van der Waals surface area contributed by atoms with Crippen LogP contribution in [0, 0.1) is 0 Å². The lowest BCUT2D eigenvalue weighted by Gasteiger charge is -2.57. The van der Waals surface area contributed by atoms with Crippen LogP contribution in [0.15, 0.2) is 24.3 Å². The van der Waals surface area contributed by atoms with Gasteiger partial charge < -0.3 is 47.1 Å². The van der Waals surface area contributed by atoms with Crippen LogP contribution in [-0.2, 0) is 56.4 Å². The summed E-state index contributed by atoms with van der Waals surface area (Å²) in [6.45, 7) is 15.1. The summed E-state index contributed by atoms with van der Waals surface area (Å²) in [5, 5.41) is 11.2. The zero-order valence-electron chi connectivity index (χ0n) is 31.1. The Morgan fingerprint density at radius 2 is 1.40 bits per heavy atom. The molecule has 4 heterocycles. The SMILES string of the molecule is CO[C@@H]1O[C@@H]2CO[Si](C(C)(C)C)(C(C)(C)C)O[C@@H]2[C@H](O)[C@H]1O[C@@H]1O[C@H](COC(C)=O)[C@@H](OC(C)=O)[C@H](OC(C)=O)[C@H]1N1C(=O)c2ccccc2C1=O. The van der Waals surface area contributed by atoms with Crippen molar-refractivity contribution in [2.75, 3.05) is 20.3 Å². The fourth-order valence-corrected chi connectivity index (χ4v) is 12.7. The molecule has 0 aliphatic carbocycles.